The molecule has 56 valence electrons. The average Bonchev–Trinajstić information content (AvgIpc) is 1.94. The van der Waals surface area contributed by atoms with Crippen molar-refractivity contribution in [2.24, 2.45) is 0 Å². The lowest BCUT2D eigenvalue weighted by atomic mass is 10.2. The summed E-state index contributed by atoms with van der Waals surface area (Å²) >= 11 is 0. The Hall–Kier alpha value is -0.520. The van der Waals surface area contributed by atoms with Gasteiger partial charge in [0.15, 0.2) is 0 Å². The first kappa shape index (κ1) is 7.59. The predicted octanol–water partition coefficient (Wildman–Crippen LogP) is -0.0867. The minimum Gasteiger partial charge on any atom is -0.314 e. The number of nitrogens with one attached hydrogen (secondary N) is 1. The number of hydrogen-bond donors (Lipinski definition) is 1. The van der Waals surface area contributed by atoms with Crippen LogP contribution in [-0.2, 0) is 0 Å². The van der Waals surface area contributed by atoms with Crippen LogP contribution in [0.4, 0.5) is 0 Å². The Morgan fingerprint density at radius 3 is 3.20 bits per heavy atom. The maximum Gasteiger partial charge on any atom is 0.0602 e. The van der Waals surface area contributed by atoms with Gasteiger partial charge in [0.05, 0.1) is 6.54 Å². The summed E-state index contributed by atoms with van der Waals surface area (Å²) in [6.45, 7) is 6.23. The monoisotopic (exact) mass is 138 g/mol. The van der Waals surface area contributed by atoms with Crippen molar-refractivity contribution in [2.45, 2.75) is 13.0 Å². The van der Waals surface area contributed by atoms with E-state index in [1.165, 1.54) is 0 Å². The zero-order chi connectivity index (χ0) is 7.40. The van der Waals surface area contributed by atoms with Gasteiger partial charge in [-0.05, 0) is 6.92 Å². The smallest absolute Gasteiger partial charge is 0.0602 e. The SMILES string of the molecule is C#CCN1CCNC[C@@H]1C. The standard InChI is InChI=1S/C8H14N2/c1-3-5-10-6-4-9-7-8(10)2/h1,8-9H,4-7H2,2H3/t8-/m0/s1. The highest BCUT2D eigenvalue weighted by Crippen LogP contribution is 1.99. The molecule has 0 aromatic heterocycles. The van der Waals surface area contributed by atoms with Crippen LogP contribution in [0.1, 0.15) is 6.92 Å². The third kappa shape index (κ3) is 1.73. The molecular weight excluding hydrogens is 124 g/mol. The fourth-order valence-electron chi connectivity index (χ4n) is 1.24. The number of terminal acetylenes is 1. The van der Waals surface area contributed by atoms with Crippen LogP contribution in [0.3, 0.4) is 0 Å². The lowest BCUT2D eigenvalue weighted by molar-refractivity contribution is 0.196. The van der Waals surface area contributed by atoms with E-state index in [4.69, 9.17) is 6.42 Å². The summed E-state index contributed by atoms with van der Waals surface area (Å²) in [6.07, 6.45) is 5.21. The zero-order valence-corrected chi connectivity index (χ0v) is 6.43. The van der Waals surface area contributed by atoms with Gasteiger partial charge in [0.1, 0.15) is 0 Å². The zero-order valence-electron chi connectivity index (χ0n) is 6.43. The van der Waals surface area contributed by atoms with Crippen LogP contribution in [0.5, 0.6) is 0 Å². The van der Waals surface area contributed by atoms with Crippen molar-refractivity contribution < 1.29 is 0 Å². The lowest BCUT2D eigenvalue weighted by Crippen LogP contribution is -2.49. The van der Waals surface area contributed by atoms with Crippen molar-refractivity contribution in [3.8, 4) is 12.3 Å². The molecule has 10 heavy (non-hydrogen) atoms. The third-order valence-corrected chi connectivity index (χ3v) is 1.93. The molecule has 2 heteroatoms. The molecule has 0 amide bonds. The van der Waals surface area contributed by atoms with E-state index in [0.29, 0.717) is 6.04 Å². The van der Waals surface area contributed by atoms with Crippen LogP contribution in [0.15, 0.2) is 0 Å². The molecule has 0 saturated carbocycles. The maximum absolute atomic E-state index is 5.21. The van der Waals surface area contributed by atoms with Crippen LogP contribution in [0.2, 0.25) is 0 Å². The molecule has 1 aliphatic heterocycles. The fourth-order valence-corrected chi connectivity index (χ4v) is 1.24. The minimum atomic E-state index is 0.602. The molecule has 1 saturated heterocycles. The van der Waals surface area contributed by atoms with E-state index < -0.39 is 0 Å². The van der Waals surface area contributed by atoms with E-state index in [1.807, 2.05) is 0 Å². The first-order valence-electron chi connectivity index (χ1n) is 3.73. The molecule has 0 radical (unpaired) electrons. The van der Waals surface area contributed by atoms with E-state index in [0.717, 1.165) is 26.2 Å². The van der Waals surface area contributed by atoms with Gasteiger partial charge in [0.2, 0.25) is 0 Å². The first-order chi connectivity index (χ1) is 4.84. The minimum absolute atomic E-state index is 0.602. The van der Waals surface area contributed by atoms with Gasteiger partial charge in [-0.15, -0.1) is 6.42 Å². The Labute approximate surface area is 62.6 Å². The molecule has 1 fully saturated rings. The number of hydrogen-bond acceptors (Lipinski definition) is 2. The summed E-state index contributed by atoms with van der Waals surface area (Å²) in [5, 5.41) is 3.31. The molecule has 1 atom stereocenters. The highest BCUT2D eigenvalue weighted by atomic mass is 15.2. The Morgan fingerprint density at radius 2 is 2.60 bits per heavy atom. The number of nitrogens with zero attached hydrogens (tertiary/aromatic N) is 1. The molecule has 1 heterocycles. The van der Waals surface area contributed by atoms with Gasteiger partial charge in [-0.2, -0.15) is 0 Å². The largest absolute Gasteiger partial charge is 0.314 e. The maximum atomic E-state index is 5.21. The summed E-state index contributed by atoms with van der Waals surface area (Å²) in [7, 11) is 0. The molecule has 1 aliphatic rings. The van der Waals surface area contributed by atoms with Crippen LogP contribution in [0.25, 0.3) is 0 Å². The number of rotatable bonds is 1. The van der Waals surface area contributed by atoms with Crippen molar-refractivity contribution >= 4 is 0 Å². The Bertz CT molecular complexity index is 137. The molecule has 1 rings (SSSR count). The Morgan fingerprint density at radius 1 is 1.80 bits per heavy atom. The fraction of sp³-hybridized carbons (Fsp3) is 0.750. The van der Waals surface area contributed by atoms with Crippen molar-refractivity contribution in [1.82, 2.24) is 10.2 Å². The summed E-state index contributed by atoms with van der Waals surface area (Å²) < 4.78 is 0. The topological polar surface area (TPSA) is 15.3 Å². The summed E-state index contributed by atoms with van der Waals surface area (Å²) in [5.41, 5.74) is 0. The van der Waals surface area contributed by atoms with Crippen LogP contribution in [-0.4, -0.2) is 37.1 Å². The average molecular weight is 138 g/mol. The number of piperazine rings is 1. The van der Waals surface area contributed by atoms with Gasteiger partial charge < -0.3 is 5.32 Å². The van der Waals surface area contributed by atoms with E-state index in [1.54, 1.807) is 0 Å². The molecule has 0 aromatic rings. The second-order valence-corrected chi connectivity index (χ2v) is 2.73. The van der Waals surface area contributed by atoms with Gasteiger partial charge in [-0.3, -0.25) is 4.90 Å². The van der Waals surface area contributed by atoms with Gasteiger partial charge in [0.25, 0.3) is 0 Å². The molecule has 0 unspecified atom stereocenters. The Balaban J connectivity index is 2.34. The second-order valence-electron chi connectivity index (χ2n) is 2.73. The second kappa shape index (κ2) is 3.60. The van der Waals surface area contributed by atoms with Crippen LogP contribution < -0.4 is 5.32 Å². The molecule has 0 aliphatic carbocycles. The van der Waals surface area contributed by atoms with Gasteiger partial charge in [-0.1, -0.05) is 5.92 Å². The summed E-state index contributed by atoms with van der Waals surface area (Å²) in [6, 6.07) is 0.602. The highest BCUT2D eigenvalue weighted by Gasteiger charge is 2.15. The molecule has 1 N–H and O–H groups in total. The molecule has 0 bridgehead atoms. The van der Waals surface area contributed by atoms with E-state index in [2.05, 4.69) is 23.1 Å². The molecular formula is C8H14N2. The van der Waals surface area contributed by atoms with Gasteiger partial charge >= 0.3 is 0 Å². The summed E-state index contributed by atoms with van der Waals surface area (Å²) in [5.74, 6) is 2.67. The van der Waals surface area contributed by atoms with Gasteiger partial charge in [-0.25, -0.2) is 0 Å². The van der Waals surface area contributed by atoms with Crippen molar-refractivity contribution in [3.63, 3.8) is 0 Å². The Kier molecular flexibility index (Phi) is 2.73. The van der Waals surface area contributed by atoms with E-state index in [9.17, 15) is 0 Å². The molecule has 0 aromatic carbocycles. The predicted molar refractivity (Wildman–Crippen MR) is 42.7 cm³/mol. The van der Waals surface area contributed by atoms with Crippen LogP contribution in [0, 0.1) is 12.3 Å². The molecule has 2 nitrogen and oxygen atoms in total. The molecule has 0 spiro atoms. The highest BCUT2D eigenvalue weighted by molar-refractivity contribution is 4.91. The normalized spacial score (nSPS) is 27.8. The summed E-state index contributed by atoms with van der Waals surface area (Å²) in [4.78, 5) is 2.32. The van der Waals surface area contributed by atoms with Crippen molar-refractivity contribution in [3.05, 3.63) is 0 Å². The van der Waals surface area contributed by atoms with Gasteiger partial charge in [0, 0.05) is 25.7 Å². The third-order valence-electron chi connectivity index (χ3n) is 1.93. The van der Waals surface area contributed by atoms with Crippen LogP contribution >= 0.6 is 0 Å². The quantitative estimate of drug-likeness (QED) is 0.510. The lowest BCUT2D eigenvalue weighted by Gasteiger charge is -2.32. The van der Waals surface area contributed by atoms with Crippen molar-refractivity contribution in [2.75, 3.05) is 26.2 Å². The first-order valence-corrected chi connectivity index (χ1v) is 3.73. The van der Waals surface area contributed by atoms with E-state index >= 15 is 0 Å². The van der Waals surface area contributed by atoms with Crippen molar-refractivity contribution in [1.29, 1.82) is 0 Å². The van der Waals surface area contributed by atoms with E-state index in [-0.39, 0.29) is 0 Å².